The van der Waals surface area contributed by atoms with Crippen molar-refractivity contribution in [3.05, 3.63) is 39.8 Å². The van der Waals surface area contributed by atoms with Gasteiger partial charge in [0.15, 0.2) is 0 Å². The first-order valence-electron chi connectivity index (χ1n) is 7.91. The predicted octanol–water partition coefficient (Wildman–Crippen LogP) is 2.77. The van der Waals surface area contributed by atoms with Crippen molar-refractivity contribution in [3.63, 3.8) is 0 Å². The molecule has 0 radical (unpaired) electrons. The van der Waals surface area contributed by atoms with Gasteiger partial charge in [-0.1, -0.05) is 24.8 Å². The van der Waals surface area contributed by atoms with Gasteiger partial charge < -0.3 is 9.73 Å². The molecule has 0 aromatic carbocycles. The van der Waals surface area contributed by atoms with Crippen LogP contribution in [0.25, 0.3) is 0 Å². The number of aromatic nitrogens is 3. The van der Waals surface area contributed by atoms with Crippen molar-refractivity contribution in [2.45, 2.75) is 31.0 Å². The fraction of sp³-hybridized carbons (Fsp3) is 0.400. The van der Waals surface area contributed by atoms with E-state index in [4.69, 9.17) is 4.42 Å². The summed E-state index contributed by atoms with van der Waals surface area (Å²) in [6, 6.07) is 2.25. The summed E-state index contributed by atoms with van der Waals surface area (Å²) in [5.74, 6) is 0.849. The summed E-state index contributed by atoms with van der Waals surface area (Å²) in [6.45, 7) is 2.00. The van der Waals surface area contributed by atoms with Crippen molar-refractivity contribution in [2.24, 2.45) is 5.92 Å². The Morgan fingerprint density at radius 1 is 1.52 bits per heavy atom. The fourth-order valence-corrected chi connectivity index (χ4v) is 3.78. The van der Waals surface area contributed by atoms with Crippen LogP contribution in [0.2, 0.25) is 0 Å². The highest BCUT2D eigenvalue weighted by Gasteiger charge is 2.43. The van der Waals surface area contributed by atoms with Crippen LogP contribution in [0.1, 0.15) is 31.6 Å². The number of Topliss-reactive ketones (excluding diaryl/α,β-unsaturated/α-hetero) is 1. The minimum atomic E-state index is -0.593. The number of hydrogen-bond acceptors (Lipinski definition) is 8. The number of carbonyl (C=O) groups excluding carboxylic acids is 1. The van der Waals surface area contributed by atoms with E-state index in [1.165, 1.54) is 23.9 Å². The lowest BCUT2D eigenvalue weighted by molar-refractivity contribution is -0.402. The van der Waals surface area contributed by atoms with Gasteiger partial charge >= 0.3 is 5.88 Å². The number of nitrogens with zero attached hydrogens (tertiary/aromatic N) is 4. The second-order valence-corrected chi connectivity index (χ2v) is 6.97. The summed E-state index contributed by atoms with van der Waals surface area (Å²) in [5, 5.41) is 19.2. The number of rotatable bonds is 4. The Bertz CT molecular complexity index is 886. The van der Waals surface area contributed by atoms with Crippen molar-refractivity contribution in [3.8, 4) is 0 Å². The van der Waals surface area contributed by atoms with Gasteiger partial charge in [0.2, 0.25) is 11.1 Å². The molecular weight excluding hydrogens is 346 g/mol. The largest absolute Gasteiger partial charge is 0.433 e. The van der Waals surface area contributed by atoms with Crippen LogP contribution in [0.15, 0.2) is 33.5 Å². The molecule has 0 amide bonds. The van der Waals surface area contributed by atoms with Gasteiger partial charge in [-0.2, -0.15) is 4.98 Å². The van der Waals surface area contributed by atoms with Crippen molar-refractivity contribution in [1.82, 2.24) is 14.8 Å². The Labute approximate surface area is 146 Å². The van der Waals surface area contributed by atoms with Crippen molar-refractivity contribution < 1.29 is 14.1 Å². The molecule has 2 aliphatic rings. The van der Waals surface area contributed by atoms with Crippen LogP contribution in [-0.4, -0.2) is 31.2 Å². The van der Waals surface area contributed by atoms with Crippen LogP contribution in [0.5, 0.6) is 0 Å². The molecule has 0 spiro atoms. The Morgan fingerprint density at radius 2 is 2.36 bits per heavy atom. The second-order valence-electron chi connectivity index (χ2n) is 5.74. The molecule has 3 heterocycles. The topological polar surface area (TPSA) is 116 Å². The molecule has 0 bridgehead atoms. The zero-order valence-electron chi connectivity index (χ0n) is 13.3. The zero-order chi connectivity index (χ0) is 17.6. The van der Waals surface area contributed by atoms with Crippen molar-refractivity contribution >= 4 is 29.4 Å². The molecule has 0 saturated carbocycles. The van der Waals surface area contributed by atoms with E-state index in [0.717, 1.165) is 11.4 Å². The first-order chi connectivity index (χ1) is 12.1. The summed E-state index contributed by atoms with van der Waals surface area (Å²) < 4.78 is 7.01. The highest BCUT2D eigenvalue weighted by atomic mass is 32.2. The normalized spacial score (nSPS) is 22.0. The number of fused-ring (bicyclic) bond motifs is 2. The van der Waals surface area contributed by atoms with E-state index in [2.05, 4.69) is 15.4 Å². The van der Waals surface area contributed by atoms with E-state index in [0.29, 0.717) is 29.7 Å². The maximum absolute atomic E-state index is 12.6. The molecule has 2 atom stereocenters. The first-order valence-corrected chi connectivity index (χ1v) is 8.90. The number of furan rings is 1. The Hall–Kier alpha value is -2.62. The summed E-state index contributed by atoms with van der Waals surface area (Å²) in [7, 11) is 0. The summed E-state index contributed by atoms with van der Waals surface area (Å²) in [6.07, 6.45) is 3.06. The van der Waals surface area contributed by atoms with E-state index in [-0.39, 0.29) is 11.7 Å². The maximum Gasteiger partial charge on any atom is 0.433 e. The molecular formula is C15H15N5O4S. The van der Waals surface area contributed by atoms with E-state index in [9.17, 15) is 14.9 Å². The third-order valence-electron chi connectivity index (χ3n) is 4.24. The quantitative estimate of drug-likeness (QED) is 0.502. The highest BCUT2D eigenvalue weighted by Crippen LogP contribution is 2.42. The lowest BCUT2D eigenvalue weighted by atomic mass is 9.83. The van der Waals surface area contributed by atoms with Gasteiger partial charge in [-0.05, 0) is 18.2 Å². The van der Waals surface area contributed by atoms with Gasteiger partial charge in [0, 0.05) is 12.1 Å². The SMILES string of the molecule is CCSc1nc2n(n1)[C@@H](c1ccc([N+](=O)[O-])o1)[C@@H]1C(=O)CCC=C1N2. The standard InChI is InChI=1S/C15H15N5O4S/c1-2-25-15-17-14-16-8-4-3-5-9(21)12(8)13(19(14)18-15)10-6-7-11(24-10)20(22)23/h4,6-7,12-13H,2-3,5H2,1H3,(H,16,17,18)/t12-,13-/m0/s1. The molecule has 2 aromatic rings. The average Bonchev–Trinajstić information content (AvgIpc) is 3.20. The molecule has 0 saturated heterocycles. The molecule has 0 fully saturated rings. The van der Waals surface area contributed by atoms with Crippen molar-refractivity contribution in [2.75, 3.05) is 11.1 Å². The smallest absolute Gasteiger partial charge is 0.403 e. The van der Waals surface area contributed by atoms with E-state index in [1.54, 1.807) is 4.68 Å². The van der Waals surface area contributed by atoms with Crippen LogP contribution in [0.3, 0.4) is 0 Å². The van der Waals surface area contributed by atoms with Crippen molar-refractivity contribution in [1.29, 1.82) is 0 Å². The molecule has 130 valence electrons. The molecule has 1 N–H and O–H groups in total. The number of anilines is 1. The number of nitrogens with one attached hydrogen (secondary N) is 1. The van der Waals surface area contributed by atoms with E-state index in [1.807, 2.05) is 13.0 Å². The van der Waals surface area contributed by atoms with Gasteiger partial charge in [-0.3, -0.25) is 14.9 Å². The number of thioether (sulfide) groups is 1. The minimum Gasteiger partial charge on any atom is -0.403 e. The maximum atomic E-state index is 12.6. The molecule has 10 heteroatoms. The number of ketones is 1. The molecule has 25 heavy (non-hydrogen) atoms. The van der Waals surface area contributed by atoms with Gasteiger partial charge in [0.25, 0.3) is 0 Å². The lowest BCUT2D eigenvalue weighted by Crippen LogP contribution is -2.38. The van der Waals surface area contributed by atoms with Crippen LogP contribution >= 0.6 is 11.8 Å². The van der Waals surface area contributed by atoms with Gasteiger partial charge in [-0.25, -0.2) is 4.68 Å². The molecule has 9 nitrogen and oxygen atoms in total. The molecule has 2 aromatic heterocycles. The highest BCUT2D eigenvalue weighted by molar-refractivity contribution is 7.99. The third-order valence-corrected chi connectivity index (χ3v) is 4.96. The van der Waals surface area contributed by atoms with Crippen LogP contribution in [0, 0.1) is 16.0 Å². The number of nitro groups is 1. The van der Waals surface area contributed by atoms with Gasteiger partial charge in [0.1, 0.15) is 22.5 Å². The Morgan fingerprint density at radius 3 is 3.08 bits per heavy atom. The first kappa shape index (κ1) is 15.9. The Balaban J connectivity index is 1.85. The summed E-state index contributed by atoms with van der Waals surface area (Å²) >= 11 is 1.48. The van der Waals surface area contributed by atoms with Gasteiger partial charge in [0.05, 0.1) is 12.0 Å². The molecule has 4 rings (SSSR count). The van der Waals surface area contributed by atoms with Crippen LogP contribution in [0.4, 0.5) is 11.8 Å². The van der Waals surface area contributed by atoms with E-state index >= 15 is 0 Å². The summed E-state index contributed by atoms with van der Waals surface area (Å²) in [4.78, 5) is 27.4. The average molecular weight is 361 g/mol. The zero-order valence-corrected chi connectivity index (χ0v) is 14.2. The Kier molecular flexibility index (Phi) is 3.83. The van der Waals surface area contributed by atoms with Crippen LogP contribution < -0.4 is 5.32 Å². The van der Waals surface area contributed by atoms with E-state index < -0.39 is 16.9 Å². The van der Waals surface area contributed by atoms with Crippen LogP contribution in [-0.2, 0) is 4.79 Å². The molecule has 0 unspecified atom stereocenters. The number of allylic oxidation sites excluding steroid dienone is 2. The number of hydrogen-bond donors (Lipinski definition) is 1. The molecule has 1 aliphatic heterocycles. The molecule has 1 aliphatic carbocycles. The lowest BCUT2D eigenvalue weighted by Gasteiger charge is -2.34. The minimum absolute atomic E-state index is 0.0555. The van der Waals surface area contributed by atoms with Gasteiger partial charge in [-0.15, -0.1) is 5.10 Å². The number of carbonyl (C=O) groups is 1. The fourth-order valence-electron chi connectivity index (χ4n) is 3.23. The monoisotopic (exact) mass is 361 g/mol. The summed E-state index contributed by atoms with van der Waals surface area (Å²) in [5.41, 5.74) is 0.758. The predicted molar refractivity (Wildman–Crippen MR) is 89.4 cm³/mol. The third kappa shape index (κ3) is 2.62. The second kappa shape index (κ2) is 6.03.